The van der Waals surface area contributed by atoms with E-state index >= 15 is 0 Å². The van der Waals surface area contributed by atoms with Gasteiger partial charge in [0.2, 0.25) is 0 Å². The second-order valence-electron chi connectivity index (χ2n) is 6.98. The van der Waals surface area contributed by atoms with Crippen LogP contribution in [-0.2, 0) is 6.18 Å². The van der Waals surface area contributed by atoms with Gasteiger partial charge in [-0.3, -0.25) is 4.90 Å². The summed E-state index contributed by atoms with van der Waals surface area (Å²) in [5.74, 6) is 0.956. The minimum absolute atomic E-state index is 0.0968. The van der Waals surface area contributed by atoms with Gasteiger partial charge in [-0.05, 0) is 23.8 Å². The predicted molar refractivity (Wildman–Crippen MR) is 102 cm³/mol. The Morgan fingerprint density at radius 2 is 1.79 bits per heavy atom. The molecule has 3 heterocycles. The number of hydrogen-bond acceptors (Lipinski definition) is 5. The van der Waals surface area contributed by atoms with E-state index in [1.807, 2.05) is 12.3 Å². The van der Waals surface area contributed by atoms with E-state index < -0.39 is 11.7 Å². The normalized spacial score (nSPS) is 19.0. The molecule has 150 valence electrons. The first-order valence-electron chi connectivity index (χ1n) is 9.29. The number of halogens is 3. The number of fused-ring (bicyclic) bond motifs is 1. The molecule has 9 heteroatoms. The number of amidine groups is 1. The molecule has 1 atom stereocenters. The minimum atomic E-state index is -4.32. The van der Waals surface area contributed by atoms with Gasteiger partial charge in [-0.15, -0.1) is 0 Å². The van der Waals surface area contributed by atoms with Crippen molar-refractivity contribution in [1.29, 1.82) is 0 Å². The molecule has 2 aliphatic heterocycles. The Morgan fingerprint density at radius 3 is 2.43 bits per heavy atom. The maximum Gasteiger partial charge on any atom is 0.416 e. The number of rotatable bonds is 3. The first kappa shape index (κ1) is 18.8. The first-order chi connectivity index (χ1) is 13.5. The fourth-order valence-electron chi connectivity index (χ4n) is 3.87. The lowest BCUT2D eigenvalue weighted by molar-refractivity contribution is -0.137. The summed E-state index contributed by atoms with van der Waals surface area (Å²) in [6.07, 6.45) is -2.43. The fraction of sp³-hybridized carbons (Fsp3) is 0.421. The van der Waals surface area contributed by atoms with Crippen LogP contribution in [0.1, 0.15) is 22.9 Å². The van der Waals surface area contributed by atoms with E-state index in [0.717, 1.165) is 61.1 Å². The maximum atomic E-state index is 12.8. The molecule has 0 radical (unpaired) electrons. The minimum Gasteiger partial charge on any atom is -0.364 e. The molecular formula is C19H23F3N6. The number of hydrogen-bond donors (Lipinski definition) is 3. The van der Waals surface area contributed by atoms with Gasteiger partial charge in [0, 0.05) is 45.0 Å². The fourth-order valence-corrected chi connectivity index (χ4v) is 3.87. The SMILES string of the molecule is NCC(c1ccc(C(F)(F)F)cc1)N1CCN(C2=NCNc3cc[nH]c32)CC1. The summed E-state index contributed by atoms with van der Waals surface area (Å²) < 4.78 is 38.4. The van der Waals surface area contributed by atoms with E-state index in [1.54, 1.807) is 0 Å². The van der Waals surface area contributed by atoms with Gasteiger partial charge in [0.25, 0.3) is 0 Å². The summed E-state index contributed by atoms with van der Waals surface area (Å²) in [5, 5.41) is 3.23. The molecule has 1 aromatic carbocycles. The smallest absolute Gasteiger partial charge is 0.364 e. The molecule has 28 heavy (non-hydrogen) atoms. The Balaban J connectivity index is 1.43. The molecule has 0 saturated carbocycles. The molecule has 0 bridgehead atoms. The molecule has 6 nitrogen and oxygen atoms in total. The molecule has 1 aromatic heterocycles. The molecule has 4 rings (SSSR count). The van der Waals surface area contributed by atoms with Crippen LogP contribution in [0.2, 0.25) is 0 Å². The summed E-state index contributed by atoms with van der Waals surface area (Å²) in [5.41, 5.74) is 8.20. The van der Waals surface area contributed by atoms with Gasteiger partial charge >= 0.3 is 6.18 Å². The molecular weight excluding hydrogens is 369 g/mol. The average Bonchev–Trinajstić information content (AvgIpc) is 3.18. The molecule has 1 fully saturated rings. The summed E-state index contributed by atoms with van der Waals surface area (Å²) in [6, 6.07) is 7.23. The Kier molecular flexibility index (Phi) is 5.03. The summed E-state index contributed by atoms with van der Waals surface area (Å²) in [7, 11) is 0. The molecule has 1 saturated heterocycles. The molecule has 2 aromatic rings. The number of nitrogens with one attached hydrogen (secondary N) is 2. The van der Waals surface area contributed by atoms with E-state index in [4.69, 9.17) is 5.73 Å². The third-order valence-corrected chi connectivity index (χ3v) is 5.37. The zero-order valence-electron chi connectivity index (χ0n) is 15.3. The molecule has 0 spiro atoms. The lowest BCUT2D eigenvalue weighted by Crippen LogP contribution is -2.51. The van der Waals surface area contributed by atoms with Crippen LogP contribution >= 0.6 is 0 Å². The first-order valence-corrected chi connectivity index (χ1v) is 9.29. The van der Waals surface area contributed by atoms with E-state index in [-0.39, 0.29) is 6.04 Å². The maximum absolute atomic E-state index is 12.8. The van der Waals surface area contributed by atoms with Crippen molar-refractivity contribution in [3.63, 3.8) is 0 Å². The number of anilines is 1. The highest BCUT2D eigenvalue weighted by Crippen LogP contribution is 2.31. The summed E-state index contributed by atoms with van der Waals surface area (Å²) in [4.78, 5) is 12.3. The lowest BCUT2D eigenvalue weighted by atomic mass is 10.0. The highest BCUT2D eigenvalue weighted by Gasteiger charge is 2.31. The van der Waals surface area contributed by atoms with Crippen LogP contribution in [0.3, 0.4) is 0 Å². The Morgan fingerprint density at radius 1 is 1.07 bits per heavy atom. The van der Waals surface area contributed by atoms with E-state index in [2.05, 4.69) is 25.1 Å². The topological polar surface area (TPSA) is 72.7 Å². The van der Waals surface area contributed by atoms with Crippen LogP contribution in [0.25, 0.3) is 0 Å². The number of nitrogens with two attached hydrogens (primary N) is 1. The number of H-pyrrole nitrogens is 1. The number of aliphatic imine (C=N–C) groups is 1. The quantitative estimate of drug-likeness (QED) is 0.751. The van der Waals surface area contributed by atoms with Crippen LogP contribution in [-0.4, -0.2) is 60.0 Å². The zero-order chi connectivity index (χ0) is 19.7. The molecule has 4 N–H and O–H groups in total. The second kappa shape index (κ2) is 7.48. The number of piperazine rings is 1. The van der Waals surface area contributed by atoms with Gasteiger partial charge in [-0.25, -0.2) is 4.99 Å². The van der Waals surface area contributed by atoms with Crippen molar-refractivity contribution < 1.29 is 13.2 Å². The lowest BCUT2D eigenvalue weighted by Gasteiger charge is -2.40. The van der Waals surface area contributed by atoms with E-state index in [0.29, 0.717) is 13.2 Å². The number of aromatic amines is 1. The van der Waals surface area contributed by atoms with Crippen molar-refractivity contribution in [2.24, 2.45) is 10.7 Å². The standard InChI is InChI=1S/C19H23F3N6/c20-19(21,22)14-3-1-13(2-4-14)16(11-23)27-7-9-28(10-8-27)18-17-15(5-6-24-17)25-12-26-18/h1-6,16,24-25H,7-12,23H2. The number of alkyl halides is 3. The molecule has 2 aliphatic rings. The van der Waals surface area contributed by atoms with Gasteiger partial charge in [0.15, 0.2) is 5.84 Å². The number of aromatic nitrogens is 1. The van der Waals surface area contributed by atoms with Gasteiger partial charge in [0.05, 0.1) is 11.3 Å². The number of benzene rings is 1. The van der Waals surface area contributed by atoms with Crippen LogP contribution in [0.5, 0.6) is 0 Å². The van der Waals surface area contributed by atoms with Crippen molar-refractivity contribution in [1.82, 2.24) is 14.8 Å². The van der Waals surface area contributed by atoms with Crippen molar-refractivity contribution in [3.05, 3.63) is 53.3 Å². The predicted octanol–water partition coefficient (Wildman–Crippen LogP) is 2.48. The van der Waals surface area contributed by atoms with Crippen molar-refractivity contribution in [3.8, 4) is 0 Å². The largest absolute Gasteiger partial charge is 0.416 e. The van der Waals surface area contributed by atoms with Crippen molar-refractivity contribution >= 4 is 11.5 Å². The average molecular weight is 392 g/mol. The monoisotopic (exact) mass is 392 g/mol. The Bertz CT molecular complexity index is 834. The summed E-state index contributed by atoms with van der Waals surface area (Å²) in [6.45, 7) is 4.02. The molecule has 0 amide bonds. The Labute approximate surface area is 161 Å². The zero-order valence-corrected chi connectivity index (χ0v) is 15.3. The molecule has 1 unspecified atom stereocenters. The summed E-state index contributed by atoms with van der Waals surface area (Å²) >= 11 is 0. The highest BCUT2D eigenvalue weighted by molar-refractivity contribution is 6.03. The van der Waals surface area contributed by atoms with Gasteiger partial charge in [0.1, 0.15) is 12.4 Å². The molecule has 0 aliphatic carbocycles. The van der Waals surface area contributed by atoms with Crippen LogP contribution < -0.4 is 11.1 Å². The third-order valence-electron chi connectivity index (χ3n) is 5.37. The van der Waals surface area contributed by atoms with Gasteiger partial charge < -0.3 is 20.9 Å². The van der Waals surface area contributed by atoms with Crippen LogP contribution in [0.15, 0.2) is 41.5 Å². The highest BCUT2D eigenvalue weighted by atomic mass is 19.4. The third kappa shape index (κ3) is 3.59. The second-order valence-corrected chi connectivity index (χ2v) is 6.98. The van der Waals surface area contributed by atoms with Gasteiger partial charge in [-0.2, -0.15) is 13.2 Å². The van der Waals surface area contributed by atoms with Crippen molar-refractivity contribution in [2.75, 3.05) is 44.7 Å². The van der Waals surface area contributed by atoms with Gasteiger partial charge in [-0.1, -0.05) is 12.1 Å². The van der Waals surface area contributed by atoms with Crippen LogP contribution in [0, 0.1) is 0 Å². The van der Waals surface area contributed by atoms with E-state index in [9.17, 15) is 13.2 Å². The Hall–Kier alpha value is -2.52. The van der Waals surface area contributed by atoms with Crippen LogP contribution in [0.4, 0.5) is 18.9 Å². The van der Waals surface area contributed by atoms with Crippen molar-refractivity contribution in [2.45, 2.75) is 12.2 Å². The van der Waals surface area contributed by atoms with E-state index in [1.165, 1.54) is 12.1 Å². The number of nitrogens with zero attached hydrogens (tertiary/aromatic N) is 3.